The third kappa shape index (κ3) is 1.26. The second kappa shape index (κ2) is 2.68. The fraction of sp³-hybridized carbons (Fsp3) is 0.667. The van der Waals surface area contributed by atoms with E-state index in [-0.39, 0.29) is 5.92 Å². The summed E-state index contributed by atoms with van der Waals surface area (Å²) in [6, 6.07) is 0. The maximum absolute atomic E-state index is 10.4. The molecule has 0 bridgehead atoms. The molecule has 0 spiro atoms. The van der Waals surface area contributed by atoms with Gasteiger partial charge in [-0.3, -0.25) is 0 Å². The number of amides is 1. The van der Waals surface area contributed by atoms with Gasteiger partial charge >= 0.3 is 6.09 Å². The van der Waals surface area contributed by atoms with Crippen molar-refractivity contribution in [1.82, 2.24) is 5.43 Å². The quantitative estimate of drug-likeness (QED) is 0.578. The van der Waals surface area contributed by atoms with Gasteiger partial charge in [-0.15, -0.1) is 5.10 Å². The molecule has 0 aromatic carbocycles. The summed E-state index contributed by atoms with van der Waals surface area (Å²) < 4.78 is 4.66. The van der Waals surface area contributed by atoms with Gasteiger partial charge in [0.15, 0.2) is 0 Å². The highest BCUT2D eigenvalue weighted by Gasteiger charge is 2.21. The van der Waals surface area contributed by atoms with Crippen molar-refractivity contribution in [3.05, 3.63) is 0 Å². The van der Waals surface area contributed by atoms with Gasteiger partial charge in [-0.05, 0) is 6.42 Å². The lowest BCUT2D eigenvalue weighted by atomic mass is 10.1. The van der Waals surface area contributed by atoms with Crippen molar-refractivity contribution >= 4 is 12.0 Å². The van der Waals surface area contributed by atoms with Crippen LogP contribution >= 0.6 is 0 Å². The van der Waals surface area contributed by atoms with E-state index in [9.17, 15) is 4.79 Å². The van der Waals surface area contributed by atoms with E-state index in [4.69, 9.17) is 0 Å². The normalized spacial score (nSPS) is 19.4. The molecule has 1 aliphatic rings. The molecule has 1 amide bonds. The largest absolute Gasteiger partial charge is 0.459 e. The Morgan fingerprint density at radius 1 is 1.70 bits per heavy atom. The van der Waals surface area contributed by atoms with Crippen LogP contribution in [0.2, 0.25) is 0 Å². The first-order valence-corrected chi connectivity index (χ1v) is 3.24. The number of cyclic esters (lactones) is 1. The summed E-state index contributed by atoms with van der Waals surface area (Å²) in [4.78, 5) is 10.4. The molecule has 0 aliphatic carbocycles. The molecule has 1 unspecified atom stereocenters. The van der Waals surface area contributed by atoms with E-state index in [1.165, 1.54) is 0 Å². The molecule has 0 saturated carbocycles. The van der Waals surface area contributed by atoms with Gasteiger partial charge < -0.3 is 4.74 Å². The second-order valence-corrected chi connectivity index (χ2v) is 2.22. The minimum atomic E-state index is -0.602. The molecule has 4 nitrogen and oxygen atoms in total. The standard InChI is InChI=1S/C6H9N2O2/c1-3-4(2)5-7-8-6(9)10-5/h4H,3H2,1-2H3. The molecule has 0 aromatic rings. The number of nitrogens with zero attached hydrogens (tertiary/aromatic N) is 2. The van der Waals surface area contributed by atoms with Crippen molar-refractivity contribution in [2.24, 2.45) is 11.0 Å². The summed E-state index contributed by atoms with van der Waals surface area (Å²) in [6.07, 6.45) is 0.303. The molecule has 1 rings (SSSR count). The van der Waals surface area contributed by atoms with Crippen LogP contribution in [0, 0.1) is 5.92 Å². The predicted octanol–water partition coefficient (Wildman–Crippen LogP) is 1.10. The van der Waals surface area contributed by atoms with Gasteiger partial charge in [-0.2, -0.15) is 0 Å². The lowest BCUT2D eigenvalue weighted by molar-refractivity contribution is 0.203. The summed E-state index contributed by atoms with van der Waals surface area (Å²) in [5.41, 5.74) is 3.21. The van der Waals surface area contributed by atoms with Gasteiger partial charge in [0.25, 0.3) is 0 Å². The van der Waals surface area contributed by atoms with Crippen molar-refractivity contribution in [3.63, 3.8) is 0 Å². The zero-order chi connectivity index (χ0) is 7.56. The zero-order valence-electron chi connectivity index (χ0n) is 6.00. The Hall–Kier alpha value is -1.06. The van der Waals surface area contributed by atoms with E-state index < -0.39 is 6.09 Å². The number of carbonyl (C=O) groups is 1. The zero-order valence-corrected chi connectivity index (χ0v) is 6.00. The fourth-order valence-corrected chi connectivity index (χ4v) is 0.594. The minimum Gasteiger partial charge on any atom is -0.391 e. The van der Waals surface area contributed by atoms with Crippen LogP contribution in [0.5, 0.6) is 0 Å². The third-order valence-electron chi connectivity index (χ3n) is 1.46. The Kier molecular flexibility index (Phi) is 1.89. The van der Waals surface area contributed by atoms with Crippen molar-refractivity contribution < 1.29 is 9.53 Å². The van der Waals surface area contributed by atoms with Crippen LogP contribution in [0.25, 0.3) is 0 Å². The lowest BCUT2D eigenvalue weighted by Crippen LogP contribution is -2.12. The van der Waals surface area contributed by atoms with E-state index in [1.54, 1.807) is 0 Å². The first kappa shape index (κ1) is 7.05. The molecule has 0 aromatic heterocycles. The van der Waals surface area contributed by atoms with Gasteiger partial charge in [-0.25, -0.2) is 4.79 Å². The summed E-state index contributed by atoms with van der Waals surface area (Å²) in [6.45, 7) is 3.94. The molecule has 1 radical (unpaired) electrons. The monoisotopic (exact) mass is 141 g/mol. The Labute approximate surface area is 59.2 Å². The first-order chi connectivity index (χ1) is 4.74. The predicted molar refractivity (Wildman–Crippen MR) is 35.5 cm³/mol. The summed E-state index contributed by atoms with van der Waals surface area (Å²) >= 11 is 0. The SMILES string of the molecule is CCC(C)C1=N[N]C(=O)O1. The second-order valence-electron chi connectivity index (χ2n) is 2.22. The molecule has 0 N–H and O–H groups in total. The van der Waals surface area contributed by atoms with E-state index in [2.05, 4.69) is 15.3 Å². The van der Waals surface area contributed by atoms with E-state index in [0.717, 1.165) is 6.42 Å². The number of carbonyl (C=O) groups excluding carboxylic acids is 1. The Morgan fingerprint density at radius 3 is 2.80 bits per heavy atom. The van der Waals surface area contributed by atoms with E-state index in [1.807, 2.05) is 13.8 Å². The highest BCUT2D eigenvalue weighted by Crippen LogP contribution is 2.08. The molecule has 1 aliphatic heterocycles. The molecule has 10 heavy (non-hydrogen) atoms. The van der Waals surface area contributed by atoms with E-state index in [0.29, 0.717) is 5.90 Å². The molecule has 55 valence electrons. The molecule has 1 atom stereocenters. The fourth-order valence-electron chi connectivity index (χ4n) is 0.594. The average molecular weight is 141 g/mol. The van der Waals surface area contributed by atoms with Gasteiger partial charge in [0, 0.05) is 5.92 Å². The number of hydrogen-bond acceptors (Lipinski definition) is 3. The number of hydrogen-bond donors (Lipinski definition) is 0. The van der Waals surface area contributed by atoms with Crippen LogP contribution in [-0.4, -0.2) is 12.0 Å². The van der Waals surface area contributed by atoms with Gasteiger partial charge in [0.05, 0.1) is 0 Å². The van der Waals surface area contributed by atoms with Gasteiger partial charge in [0.2, 0.25) is 5.90 Å². The average Bonchev–Trinajstić information content (AvgIpc) is 2.34. The highest BCUT2D eigenvalue weighted by atomic mass is 16.6. The number of ether oxygens (including phenoxy) is 1. The maximum Gasteiger partial charge on any atom is 0.459 e. The molecular weight excluding hydrogens is 132 g/mol. The van der Waals surface area contributed by atoms with Crippen molar-refractivity contribution in [2.45, 2.75) is 20.3 Å². The minimum absolute atomic E-state index is 0.190. The van der Waals surface area contributed by atoms with Crippen LogP contribution in [0.15, 0.2) is 5.10 Å². The van der Waals surface area contributed by atoms with Crippen LogP contribution in [0.4, 0.5) is 4.79 Å². The summed E-state index contributed by atoms with van der Waals surface area (Å²) in [5.74, 6) is 0.628. The topological polar surface area (TPSA) is 52.8 Å². The van der Waals surface area contributed by atoms with Gasteiger partial charge in [0.1, 0.15) is 0 Å². The number of rotatable bonds is 2. The van der Waals surface area contributed by atoms with Crippen molar-refractivity contribution in [3.8, 4) is 0 Å². The Morgan fingerprint density at radius 2 is 2.40 bits per heavy atom. The summed E-state index contributed by atoms with van der Waals surface area (Å²) in [5, 5.41) is 3.56. The molecular formula is C6H9N2O2. The highest BCUT2D eigenvalue weighted by molar-refractivity contribution is 5.93. The molecule has 0 saturated heterocycles. The first-order valence-electron chi connectivity index (χ1n) is 3.24. The van der Waals surface area contributed by atoms with Crippen molar-refractivity contribution in [1.29, 1.82) is 0 Å². The summed E-state index contributed by atoms with van der Waals surface area (Å²) in [7, 11) is 0. The third-order valence-corrected chi connectivity index (χ3v) is 1.46. The van der Waals surface area contributed by atoms with Crippen LogP contribution < -0.4 is 5.43 Å². The smallest absolute Gasteiger partial charge is 0.391 e. The Balaban J connectivity index is 2.50. The van der Waals surface area contributed by atoms with Crippen LogP contribution in [0.1, 0.15) is 20.3 Å². The van der Waals surface area contributed by atoms with E-state index >= 15 is 0 Å². The van der Waals surface area contributed by atoms with Gasteiger partial charge in [-0.1, -0.05) is 19.3 Å². The van der Waals surface area contributed by atoms with Crippen LogP contribution in [-0.2, 0) is 4.74 Å². The molecule has 4 heteroatoms. The van der Waals surface area contributed by atoms with Crippen molar-refractivity contribution in [2.75, 3.05) is 0 Å². The lowest BCUT2D eigenvalue weighted by Gasteiger charge is -2.03. The molecule has 0 fully saturated rings. The molecule has 1 heterocycles. The Bertz CT molecular complexity index is 177. The van der Waals surface area contributed by atoms with Crippen LogP contribution in [0.3, 0.4) is 0 Å². The maximum atomic E-state index is 10.4.